The van der Waals surface area contributed by atoms with Crippen LogP contribution in [0.25, 0.3) is 0 Å². The Hall–Kier alpha value is -2.48. The molecule has 2 aromatic rings. The van der Waals surface area contributed by atoms with Crippen LogP contribution in [0.4, 0.5) is 18.9 Å². The molecule has 23 heavy (non-hydrogen) atoms. The molecule has 1 aromatic carbocycles. The molecule has 0 amide bonds. The number of thiophene rings is 1. The Balaban J connectivity index is 2.35. The van der Waals surface area contributed by atoms with Crippen LogP contribution in [0.3, 0.4) is 0 Å². The number of ketones is 2. The minimum absolute atomic E-state index is 0.00684. The largest absolute Gasteiger partial charge is 0.456 e. The molecule has 1 heterocycles. The Labute approximate surface area is 133 Å². The van der Waals surface area contributed by atoms with Gasteiger partial charge < -0.3 is 0 Å². The fraction of sp³-hybridized carbons (Fsp3) is 0.133. The normalized spacial score (nSPS) is 12.1. The number of benzene rings is 1. The monoisotopic (exact) mass is 340 g/mol. The summed E-state index contributed by atoms with van der Waals surface area (Å²) < 4.78 is 38.1. The predicted molar refractivity (Wildman–Crippen MR) is 81.9 cm³/mol. The number of carbonyl (C=O) groups excluding carboxylic acids is 2. The number of anilines is 1. The van der Waals surface area contributed by atoms with Gasteiger partial charge in [-0.1, -0.05) is 18.2 Å². The fourth-order valence-corrected chi connectivity index (χ4v) is 2.36. The van der Waals surface area contributed by atoms with Crippen molar-refractivity contribution < 1.29 is 22.8 Å². The molecule has 1 aromatic heterocycles. The SMILES string of the molecule is Cc1cccc(NN=C(C(=O)c2cccs2)C(=O)C(F)(F)F)c1. The van der Waals surface area contributed by atoms with Crippen molar-refractivity contribution in [3.05, 3.63) is 52.2 Å². The second-order valence-electron chi connectivity index (χ2n) is 4.58. The third-order valence-corrected chi connectivity index (χ3v) is 3.62. The van der Waals surface area contributed by atoms with E-state index in [9.17, 15) is 22.8 Å². The lowest BCUT2D eigenvalue weighted by molar-refractivity contribution is -0.163. The van der Waals surface area contributed by atoms with Crippen LogP contribution in [0.5, 0.6) is 0 Å². The van der Waals surface area contributed by atoms with Crippen LogP contribution in [0.2, 0.25) is 0 Å². The Morgan fingerprint density at radius 2 is 1.91 bits per heavy atom. The van der Waals surface area contributed by atoms with Crippen molar-refractivity contribution in [1.29, 1.82) is 0 Å². The van der Waals surface area contributed by atoms with Crippen molar-refractivity contribution in [2.75, 3.05) is 5.43 Å². The summed E-state index contributed by atoms with van der Waals surface area (Å²) in [5, 5.41) is 4.94. The summed E-state index contributed by atoms with van der Waals surface area (Å²) >= 11 is 0.934. The summed E-state index contributed by atoms with van der Waals surface area (Å²) in [5.41, 5.74) is 2.36. The number of hydrazone groups is 1. The number of halogens is 3. The van der Waals surface area contributed by atoms with Crippen molar-refractivity contribution in [3.8, 4) is 0 Å². The van der Waals surface area contributed by atoms with Gasteiger partial charge in [0.2, 0.25) is 5.78 Å². The van der Waals surface area contributed by atoms with Gasteiger partial charge in [0.25, 0.3) is 5.78 Å². The smallest absolute Gasteiger partial charge is 0.286 e. The third kappa shape index (κ3) is 4.26. The van der Waals surface area contributed by atoms with Gasteiger partial charge >= 0.3 is 6.18 Å². The van der Waals surface area contributed by atoms with Gasteiger partial charge in [0.1, 0.15) is 0 Å². The van der Waals surface area contributed by atoms with Gasteiger partial charge in [-0.2, -0.15) is 18.3 Å². The van der Waals surface area contributed by atoms with Gasteiger partial charge in [0.05, 0.1) is 10.6 Å². The molecule has 0 spiro atoms. The lowest BCUT2D eigenvalue weighted by Gasteiger charge is -2.08. The average molecular weight is 340 g/mol. The summed E-state index contributed by atoms with van der Waals surface area (Å²) in [7, 11) is 0. The number of nitrogens with zero attached hydrogens (tertiary/aromatic N) is 1. The molecule has 0 aliphatic carbocycles. The maximum absolute atomic E-state index is 12.7. The molecule has 0 unspecified atom stereocenters. The lowest BCUT2D eigenvalue weighted by Crippen LogP contribution is -2.36. The number of nitrogens with one attached hydrogen (secondary N) is 1. The highest BCUT2D eigenvalue weighted by atomic mass is 32.1. The maximum atomic E-state index is 12.7. The predicted octanol–water partition coefficient (Wildman–Crippen LogP) is 3.84. The Morgan fingerprint density at radius 1 is 1.17 bits per heavy atom. The number of hydrogen-bond acceptors (Lipinski definition) is 5. The Kier molecular flexibility index (Phi) is 4.95. The lowest BCUT2D eigenvalue weighted by atomic mass is 10.1. The number of rotatable bonds is 5. The van der Waals surface area contributed by atoms with Crippen molar-refractivity contribution in [1.82, 2.24) is 0 Å². The zero-order valence-electron chi connectivity index (χ0n) is 11.8. The standard InChI is InChI=1S/C15H11F3N2O2S/c1-9-4-2-5-10(8-9)19-20-12(14(22)15(16,17)18)13(21)11-6-3-7-23-11/h2-8,19H,1H3. The van der Waals surface area contributed by atoms with E-state index in [4.69, 9.17) is 0 Å². The highest BCUT2D eigenvalue weighted by molar-refractivity contribution is 7.13. The second-order valence-corrected chi connectivity index (χ2v) is 5.52. The van der Waals surface area contributed by atoms with E-state index < -0.39 is 23.5 Å². The van der Waals surface area contributed by atoms with Crippen molar-refractivity contribution in [2.45, 2.75) is 13.1 Å². The van der Waals surface area contributed by atoms with E-state index in [1.165, 1.54) is 17.5 Å². The quantitative estimate of drug-likeness (QED) is 0.389. The van der Waals surface area contributed by atoms with E-state index in [0.29, 0.717) is 5.69 Å². The van der Waals surface area contributed by atoms with Crippen LogP contribution in [0.15, 0.2) is 46.9 Å². The molecule has 0 aliphatic rings. The molecule has 0 saturated carbocycles. The first kappa shape index (κ1) is 16.9. The zero-order chi connectivity index (χ0) is 17.0. The number of hydrogen-bond donors (Lipinski definition) is 1. The van der Waals surface area contributed by atoms with E-state index >= 15 is 0 Å². The van der Waals surface area contributed by atoms with E-state index in [2.05, 4.69) is 10.5 Å². The first-order valence-corrected chi connectivity index (χ1v) is 7.27. The topological polar surface area (TPSA) is 58.5 Å². The molecule has 0 fully saturated rings. The number of carbonyl (C=O) groups is 2. The molecular formula is C15H11F3N2O2S. The van der Waals surface area contributed by atoms with Gasteiger partial charge in [-0.25, -0.2) is 0 Å². The number of alkyl halides is 3. The molecule has 2 rings (SSSR count). The van der Waals surface area contributed by atoms with Gasteiger partial charge in [0, 0.05) is 0 Å². The number of aryl methyl sites for hydroxylation is 1. The van der Waals surface area contributed by atoms with Crippen LogP contribution < -0.4 is 5.43 Å². The maximum Gasteiger partial charge on any atom is 0.456 e. The fourth-order valence-electron chi connectivity index (χ4n) is 1.70. The molecule has 0 bridgehead atoms. The van der Waals surface area contributed by atoms with Crippen LogP contribution in [-0.4, -0.2) is 23.5 Å². The summed E-state index contributed by atoms with van der Waals surface area (Å²) in [6.07, 6.45) is -5.18. The van der Waals surface area contributed by atoms with Gasteiger partial charge in [-0.15, -0.1) is 11.3 Å². The molecule has 1 N–H and O–H groups in total. The molecular weight excluding hydrogens is 329 g/mol. The van der Waals surface area contributed by atoms with E-state index in [1.54, 1.807) is 31.2 Å². The molecule has 0 radical (unpaired) electrons. The summed E-state index contributed by atoms with van der Waals surface area (Å²) in [6, 6.07) is 9.46. The molecule has 0 atom stereocenters. The summed E-state index contributed by atoms with van der Waals surface area (Å²) in [6.45, 7) is 1.79. The van der Waals surface area contributed by atoms with Crippen molar-refractivity contribution in [3.63, 3.8) is 0 Å². The highest BCUT2D eigenvalue weighted by Crippen LogP contribution is 2.20. The highest BCUT2D eigenvalue weighted by Gasteiger charge is 2.44. The summed E-state index contributed by atoms with van der Waals surface area (Å²) in [5.74, 6) is -3.35. The van der Waals surface area contributed by atoms with Gasteiger partial charge in [0.15, 0.2) is 5.71 Å². The minimum atomic E-state index is -5.18. The van der Waals surface area contributed by atoms with E-state index in [-0.39, 0.29) is 4.88 Å². The van der Waals surface area contributed by atoms with Gasteiger partial charge in [-0.05, 0) is 36.1 Å². The molecule has 8 heteroatoms. The molecule has 4 nitrogen and oxygen atoms in total. The van der Waals surface area contributed by atoms with Crippen molar-refractivity contribution in [2.24, 2.45) is 5.10 Å². The number of Topliss-reactive ketones (excluding diaryl/α,β-unsaturated/α-hetero) is 2. The van der Waals surface area contributed by atoms with Crippen LogP contribution in [0.1, 0.15) is 15.2 Å². The van der Waals surface area contributed by atoms with Crippen LogP contribution in [-0.2, 0) is 4.79 Å². The van der Waals surface area contributed by atoms with Crippen LogP contribution >= 0.6 is 11.3 Å². The third-order valence-electron chi connectivity index (χ3n) is 2.75. The Bertz CT molecular complexity index is 752. The first-order chi connectivity index (χ1) is 10.8. The molecule has 0 saturated heterocycles. The van der Waals surface area contributed by atoms with Gasteiger partial charge in [-0.3, -0.25) is 15.0 Å². The van der Waals surface area contributed by atoms with E-state index in [0.717, 1.165) is 16.9 Å². The molecule has 120 valence electrons. The Morgan fingerprint density at radius 3 is 2.48 bits per heavy atom. The summed E-state index contributed by atoms with van der Waals surface area (Å²) in [4.78, 5) is 23.6. The molecule has 0 aliphatic heterocycles. The first-order valence-electron chi connectivity index (χ1n) is 6.39. The minimum Gasteiger partial charge on any atom is -0.286 e. The average Bonchev–Trinajstić information content (AvgIpc) is 3.00. The second kappa shape index (κ2) is 6.74. The van der Waals surface area contributed by atoms with E-state index in [1.807, 2.05) is 0 Å². The van der Waals surface area contributed by atoms with Crippen LogP contribution in [0, 0.1) is 6.92 Å². The zero-order valence-corrected chi connectivity index (χ0v) is 12.7. The van der Waals surface area contributed by atoms with Crippen molar-refractivity contribution >= 4 is 34.3 Å².